The highest BCUT2D eigenvalue weighted by Crippen LogP contribution is 2.64. The van der Waals surface area contributed by atoms with Gasteiger partial charge in [-0.05, 0) is 44.8 Å². The molecule has 59 heavy (non-hydrogen) atoms. The average Bonchev–Trinajstić information content (AvgIpc) is 3.64. The predicted molar refractivity (Wildman–Crippen MR) is 214 cm³/mol. The van der Waals surface area contributed by atoms with Crippen LogP contribution in [0.4, 0.5) is 0 Å². The van der Waals surface area contributed by atoms with Gasteiger partial charge in [0.25, 0.3) is 0 Å². The van der Waals surface area contributed by atoms with Crippen LogP contribution < -0.4 is 0 Å². The molecule has 1 aromatic heterocycles. The van der Waals surface area contributed by atoms with Crippen molar-refractivity contribution in [2.24, 2.45) is 0 Å². The smallest absolute Gasteiger partial charge is 0.208 e. The van der Waals surface area contributed by atoms with Gasteiger partial charge in [0.05, 0.1) is 22.3 Å². The SMILES string of the molecule is Oc1c(O)c(O)c(-c2c(O)c(O)c(O)c(-c3c4ccccc4c(-c4ccc(-c5c(O)c(O)c(O)c(O)c5O)c5oc6ccccc6c45)c4ccccc34)c2O)c(O)c1O. The summed E-state index contributed by atoms with van der Waals surface area (Å²) in [5, 5.41) is 153. The molecular weight excluding hydrogens is 768 g/mol. The third kappa shape index (κ3) is 4.69. The number of hydrogen-bond donors (Lipinski definition) is 14. The number of hydrogen-bond acceptors (Lipinski definition) is 15. The topological polar surface area (TPSA) is 296 Å². The average molecular weight is 797 g/mol. The summed E-state index contributed by atoms with van der Waals surface area (Å²) in [6, 6.07) is 23.4. The monoisotopic (exact) mass is 796 g/mol. The van der Waals surface area contributed by atoms with E-state index in [2.05, 4.69) is 0 Å². The van der Waals surface area contributed by atoms with Crippen LogP contribution in [0, 0.1) is 0 Å². The molecule has 0 aliphatic carbocycles. The van der Waals surface area contributed by atoms with Crippen molar-refractivity contribution in [1.82, 2.24) is 0 Å². The van der Waals surface area contributed by atoms with Gasteiger partial charge in [-0.1, -0.05) is 72.8 Å². The molecule has 0 saturated carbocycles. The molecule has 0 radical (unpaired) electrons. The van der Waals surface area contributed by atoms with Gasteiger partial charge >= 0.3 is 0 Å². The maximum Gasteiger partial charge on any atom is 0.208 e. The van der Waals surface area contributed by atoms with E-state index >= 15 is 0 Å². The molecular formula is C44H28O15. The largest absolute Gasteiger partial charge is 0.506 e. The molecule has 9 aromatic rings. The zero-order valence-corrected chi connectivity index (χ0v) is 29.8. The first-order valence-electron chi connectivity index (χ1n) is 17.4. The second-order valence-corrected chi connectivity index (χ2v) is 13.7. The normalized spacial score (nSPS) is 11.7. The number of fused-ring (bicyclic) bond motifs is 5. The first-order valence-corrected chi connectivity index (χ1v) is 17.4. The second kappa shape index (κ2) is 12.4. The maximum atomic E-state index is 12.0. The number of phenolic OH excluding ortho intramolecular Hbond substituents is 14. The number of aromatic hydroxyl groups is 14. The number of rotatable bonds is 4. The van der Waals surface area contributed by atoms with Crippen LogP contribution in [-0.4, -0.2) is 71.5 Å². The Morgan fingerprint density at radius 2 is 0.576 bits per heavy atom. The number of benzene rings is 8. The van der Waals surface area contributed by atoms with Gasteiger partial charge in [0.2, 0.25) is 40.2 Å². The quantitative estimate of drug-likeness (QED) is 0.0451. The molecule has 0 spiro atoms. The van der Waals surface area contributed by atoms with Gasteiger partial charge in [-0.25, -0.2) is 0 Å². The van der Waals surface area contributed by atoms with Gasteiger partial charge in [-0.3, -0.25) is 0 Å². The molecule has 8 aromatic carbocycles. The summed E-state index contributed by atoms with van der Waals surface area (Å²) in [6.45, 7) is 0. The summed E-state index contributed by atoms with van der Waals surface area (Å²) < 4.78 is 6.33. The van der Waals surface area contributed by atoms with E-state index in [1.807, 2.05) is 0 Å². The molecule has 0 unspecified atom stereocenters. The summed E-state index contributed by atoms with van der Waals surface area (Å²) >= 11 is 0. The summed E-state index contributed by atoms with van der Waals surface area (Å²) in [6.07, 6.45) is 0. The summed E-state index contributed by atoms with van der Waals surface area (Å²) in [4.78, 5) is 0. The van der Waals surface area contributed by atoms with Crippen LogP contribution in [0.1, 0.15) is 0 Å². The highest BCUT2D eigenvalue weighted by molar-refractivity contribution is 6.27. The van der Waals surface area contributed by atoms with Crippen molar-refractivity contribution in [1.29, 1.82) is 0 Å². The van der Waals surface area contributed by atoms with Gasteiger partial charge < -0.3 is 75.9 Å². The summed E-state index contributed by atoms with van der Waals surface area (Å²) in [5.74, 6) is -16.4. The van der Waals surface area contributed by atoms with Crippen molar-refractivity contribution in [2.45, 2.75) is 0 Å². The fourth-order valence-corrected chi connectivity index (χ4v) is 7.96. The molecule has 0 atom stereocenters. The lowest BCUT2D eigenvalue weighted by molar-refractivity contribution is 0.329. The maximum absolute atomic E-state index is 12.0. The summed E-state index contributed by atoms with van der Waals surface area (Å²) in [7, 11) is 0. The Bertz CT molecular complexity index is 3210. The van der Waals surface area contributed by atoms with Crippen LogP contribution in [0.3, 0.4) is 0 Å². The lowest BCUT2D eigenvalue weighted by Crippen LogP contribution is -1.95. The van der Waals surface area contributed by atoms with Crippen LogP contribution in [0.2, 0.25) is 0 Å². The van der Waals surface area contributed by atoms with E-state index in [4.69, 9.17) is 4.42 Å². The molecule has 15 nitrogen and oxygen atoms in total. The third-order valence-electron chi connectivity index (χ3n) is 10.6. The van der Waals surface area contributed by atoms with E-state index in [1.165, 1.54) is 6.07 Å². The van der Waals surface area contributed by atoms with Crippen molar-refractivity contribution in [3.05, 3.63) is 84.9 Å². The van der Waals surface area contributed by atoms with Crippen molar-refractivity contribution >= 4 is 43.5 Å². The highest BCUT2D eigenvalue weighted by Gasteiger charge is 2.35. The fraction of sp³-hybridized carbons (Fsp3) is 0. The van der Waals surface area contributed by atoms with Gasteiger partial charge in [-0.15, -0.1) is 0 Å². The molecule has 0 aliphatic heterocycles. The minimum Gasteiger partial charge on any atom is -0.506 e. The van der Waals surface area contributed by atoms with E-state index in [-0.39, 0.29) is 16.7 Å². The lowest BCUT2D eigenvalue weighted by atomic mass is 9.83. The molecule has 0 bridgehead atoms. The number of para-hydroxylation sites is 1. The minimum absolute atomic E-state index is 0.0190. The first-order chi connectivity index (χ1) is 28.2. The molecule has 9 rings (SSSR count). The molecule has 1 heterocycles. The van der Waals surface area contributed by atoms with Crippen molar-refractivity contribution in [2.75, 3.05) is 0 Å². The molecule has 15 heteroatoms. The van der Waals surface area contributed by atoms with Crippen LogP contribution >= 0.6 is 0 Å². The Kier molecular flexibility index (Phi) is 7.55. The van der Waals surface area contributed by atoms with Crippen molar-refractivity contribution in [3.63, 3.8) is 0 Å². The van der Waals surface area contributed by atoms with E-state index in [9.17, 15) is 71.5 Å². The predicted octanol–water partition coefficient (Wildman–Crippen LogP) is 8.44. The molecule has 14 N–H and O–H groups in total. The molecule has 0 fully saturated rings. The van der Waals surface area contributed by atoms with Crippen LogP contribution in [0.25, 0.3) is 88.0 Å². The summed E-state index contributed by atoms with van der Waals surface area (Å²) in [5.41, 5.74) is -1.33. The Morgan fingerprint density at radius 1 is 0.254 bits per heavy atom. The molecule has 0 aliphatic rings. The van der Waals surface area contributed by atoms with E-state index < -0.39 is 103 Å². The molecule has 294 valence electrons. The zero-order valence-electron chi connectivity index (χ0n) is 29.8. The van der Waals surface area contributed by atoms with E-state index in [0.717, 1.165) is 0 Å². The number of furan rings is 1. The number of phenols is 14. The Balaban J connectivity index is 1.43. The van der Waals surface area contributed by atoms with Crippen LogP contribution in [0.15, 0.2) is 89.3 Å². The van der Waals surface area contributed by atoms with Crippen LogP contribution in [0.5, 0.6) is 80.5 Å². The second-order valence-electron chi connectivity index (χ2n) is 13.7. The Labute approximate surface area is 328 Å². The van der Waals surface area contributed by atoms with Gasteiger partial charge in [-0.2, -0.15) is 0 Å². The third-order valence-corrected chi connectivity index (χ3v) is 10.6. The van der Waals surface area contributed by atoms with Gasteiger partial charge in [0, 0.05) is 21.9 Å². The van der Waals surface area contributed by atoms with Crippen molar-refractivity contribution in [3.8, 4) is 125 Å². The zero-order chi connectivity index (χ0) is 41.9. The van der Waals surface area contributed by atoms with Gasteiger partial charge in [0.1, 0.15) is 16.9 Å². The van der Waals surface area contributed by atoms with Crippen LogP contribution in [-0.2, 0) is 0 Å². The van der Waals surface area contributed by atoms with Crippen molar-refractivity contribution < 1.29 is 75.9 Å². The Morgan fingerprint density at radius 3 is 1.05 bits per heavy atom. The fourth-order valence-electron chi connectivity index (χ4n) is 7.96. The molecule has 0 saturated heterocycles. The lowest BCUT2D eigenvalue weighted by Gasteiger charge is -2.22. The molecule has 0 amide bonds. The first kappa shape index (κ1) is 35.9. The minimum atomic E-state index is -1.34. The standard InChI is InChI=1S/C44H28O15/c45-30-27(33(48)37(52)34(49)28(30)29-35(50)40(55)43(58)41(56)36(29)51)24-17-9-3-1-7-15(17)23(16-8-2-4-10-18(16)24)20-13-14-21(26-31(46)38(53)42(57)39(54)32(26)47)44-25(20)19-11-5-6-12-22(19)59-44/h1-14,45-58H. The highest BCUT2D eigenvalue weighted by atomic mass is 16.4. The van der Waals surface area contributed by atoms with Gasteiger partial charge in [0.15, 0.2) is 34.5 Å². The van der Waals surface area contributed by atoms with E-state index in [0.29, 0.717) is 49.0 Å². The van der Waals surface area contributed by atoms with E-state index in [1.54, 1.807) is 78.9 Å². The Hall–Kier alpha value is -8.72.